The molecule has 0 radical (unpaired) electrons. The molecule has 0 aliphatic heterocycles. The standard InChI is InChI=1S/C17H16FN7/c1-11-7-16(25-17(23-11)21-10-22-25)20-9-13-3-4-15(14(18)8-13)24-6-5-19-12(24)2/h3-8,10,20H,9H2,1-2H3. The second-order valence-electron chi connectivity index (χ2n) is 5.74. The third-order valence-electron chi connectivity index (χ3n) is 3.95. The van der Waals surface area contributed by atoms with Crippen LogP contribution in [0, 0.1) is 19.7 Å². The molecule has 0 fully saturated rings. The highest BCUT2D eigenvalue weighted by atomic mass is 19.1. The number of nitrogens with zero attached hydrogens (tertiary/aromatic N) is 6. The third-order valence-corrected chi connectivity index (χ3v) is 3.95. The van der Waals surface area contributed by atoms with E-state index in [0.717, 1.165) is 22.9 Å². The lowest BCUT2D eigenvalue weighted by atomic mass is 10.2. The molecule has 1 aromatic carbocycles. The Hall–Kier alpha value is -3.29. The summed E-state index contributed by atoms with van der Waals surface area (Å²) in [7, 11) is 0. The average molecular weight is 337 g/mol. The Balaban J connectivity index is 1.58. The van der Waals surface area contributed by atoms with E-state index in [1.165, 1.54) is 12.4 Å². The van der Waals surface area contributed by atoms with Crippen LogP contribution in [0.3, 0.4) is 0 Å². The lowest BCUT2D eigenvalue weighted by molar-refractivity contribution is 0.614. The molecule has 0 saturated heterocycles. The van der Waals surface area contributed by atoms with E-state index in [-0.39, 0.29) is 5.82 Å². The van der Waals surface area contributed by atoms with E-state index in [4.69, 9.17) is 0 Å². The first-order chi connectivity index (χ1) is 12.1. The molecule has 126 valence electrons. The molecule has 0 bridgehead atoms. The second-order valence-corrected chi connectivity index (χ2v) is 5.74. The van der Waals surface area contributed by atoms with E-state index in [9.17, 15) is 4.39 Å². The van der Waals surface area contributed by atoms with Crippen LogP contribution in [0.5, 0.6) is 0 Å². The molecule has 0 spiro atoms. The number of benzene rings is 1. The van der Waals surface area contributed by atoms with Crippen molar-refractivity contribution in [3.8, 4) is 5.69 Å². The molecule has 0 amide bonds. The quantitative estimate of drug-likeness (QED) is 0.620. The second kappa shape index (κ2) is 5.97. The zero-order valence-corrected chi connectivity index (χ0v) is 13.8. The highest BCUT2D eigenvalue weighted by Crippen LogP contribution is 2.18. The van der Waals surface area contributed by atoms with Gasteiger partial charge in [0.15, 0.2) is 0 Å². The summed E-state index contributed by atoms with van der Waals surface area (Å²) in [6.45, 7) is 4.18. The number of hydrogen-bond donors (Lipinski definition) is 1. The highest BCUT2D eigenvalue weighted by Gasteiger charge is 2.09. The summed E-state index contributed by atoms with van der Waals surface area (Å²) in [5, 5.41) is 7.40. The van der Waals surface area contributed by atoms with Gasteiger partial charge in [0.2, 0.25) is 0 Å². The Kier molecular flexibility index (Phi) is 3.64. The minimum absolute atomic E-state index is 0.294. The monoisotopic (exact) mass is 337 g/mol. The Morgan fingerprint density at radius 2 is 2.04 bits per heavy atom. The molecule has 7 nitrogen and oxygen atoms in total. The van der Waals surface area contributed by atoms with E-state index in [2.05, 4.69) is 25.4 Å². The zero-order chi connectivity index (χ0) is 17.4. The molecule has 8 heteroatoms. The molecule has 1 N–H and O–H groups in total. The Bertz CT molecular complexity index is 1050. The van der Waals surface area contributed by atoms with Crippen molar-refractivity contribution in [3.05, 3.63) is 65.9 Å². The lowest BCUT2D eigenvalue weighted by Crippen LogP contribution is -2.08. The van der Waals surface area contributed by atoms with Crippen LogP contribution in [0.15, 0.2) is 43.0 Å². The number of imidazole rings is 1. The molecule has 3 heterocycles. The van der Waals surface area contributed by atoms with Gasteiger partial charge >= 0.3 is 0 Å². The Morgan fingerprint density at radius 1 is 1.16 bits per heavy atom. The summed E-state index contributed by atoms with van der Waals surface area (Å²) in [6.07, 6.45) is 4.85. The number of fused-ring (bicyclic) bond motifs is 1. The summed E-state index contributed by atoms with van der Waals surface area (Å²) in [5.74, 6) is 1.73. The van der Waals surface area contributed by atoms with Crippen LogP contribution >= 0.6 is 0 Å². The van der Waals surface area contributed by atoms with Gasteiger partial charge in [-0.3, -0.25) is 0 Å². The molecular weight excluding hydrogens is 321 g/mol. The first-order valence-corrected chi connectivity index (χ1v) is 7.82. The Morgan fingerprint density at radius 3 is 2.80 bits per heavy atom. The van der Waals surface area contributed by atoms with Gasteiger partial charge < -0.3 is 9.88 Å². The highest BCUT2D eigenvalue weighted by molar-refractivity contribution is 5.46. The van der Waals surface area contributed by atoms with Crippen molar-refractivity contribution in [2.24, 2.45) is 0 Å². The first kappa shape index (κ1) is 15.3. The average Bonchev–Trinajstić information content (AvgIpc) is 3.21. The normalized spacial score (nSPS) is 11.2. The van der Waals surface area contributed by atoms with Crippen LogP contribution in [-0.2, 0) is 6.54 Å². The van der Waals surface area contributed by atoms with Gasteiger partial charge in [-0.05, 0) is 31.5 Å². The molecule has 4 aromatic rings. The number of hydrogen-bond acceptors (Lipinski definition) is 5. The summed E-state index contributed by atoms with van der Waals surface area (Å²) >= 11 is 0. The van der Waals surface area contributed by atoms with Crippen LogP contribution in [0.25, 0.3) is 11.5 Å². The van der Waals surface area contributed by atoms with Gasteiger partial charge in [0.1, 0.15) is 23.8 Å². The van der Waals surface area contributed by atoms with Gasteiger partial charge in [-0.15, -0.1) is 0 Å². The van der Waals surface area contributed by atoms with Crippen molar-refractivity contribution in [1.82, 2.24) is 29.1 Å². The molecule has 4 rings (SSSR count). The molecule has 3 aromatic heterocycles. The van der Waals surface area contributed by atoms with E-state index in [1.807, 2.05) is 26.0 Å². The third kappa shape index (κ3) is 2.82. The SMILES string of the molecule is Cc1cc(NCc2ccc(-n3ccnc3C)c(F)c2)n2ncnc2n1. The van der Waals surface area contributed by atoms with E-state index in [1.54, 1.807) is 27.5 Å². The first-order valence-electron chi connectivity index (χ1n) is 7.82. The fourth-order valence-corrected chi connectivity index (χ4v) is 2.74. The van der Waals surface area contributed by atoms with E-state index in [0.29, 0.717) is 18.0 Å². The van der Waals surface area contributed by atoms with Crippen molar-refractivity contribution >= 4 is 11.6 Å². The molecule has 0 aliphatic carbocycles. The number of nitrogens with one attached hydrogen (secondary N) is 1. The minimum atomic E-state index is -0.294. The van der Waals surface area contributed by atoms with Crippen LogP contribution in [0.1, 0.15) is 17.1 Å². The zero-order valence-electron chi connectivity index (χ0n) is 13.8. The predicted octanol–water partition coefficient (Wildman–Crippen LogP) is 2.68. The van der Waals surface area contributed by atoms with Crippen LogP contribution in [-0.4, -0.2) is 29.1 Å². The Labute approximate surface area is 143 Å². The van der Waals surface area contributed by atoms with Gasteiger partial charge in [0.05, 0.1) is 5.69 Å². The van der Waals surface area contributed by atoms with Gasteiger partial charge in [-0.1, -0.05) is 6.07 Å². The molecule has 0 saturated carbocycles. The molecular formula is C17H16FN7. The predicted molar refractivity (Wildman–Crippen MR) is 91.1 cm³/mol. The smallest absolute Gasteiger partial charge is 0.254 e. The van der Waals surface area contributed by atoms with Gasteiger partial charge in [-0.2, -0.15) is 14.6 Å². The lowest BCUT2D eigenvalue weighted by Gasteiger charge is -2.11. The largest absolute Gasteiger partial charge is 0.366 e. The van der Waals surface area contributed by atoms with E-state index >= 15 is 0 Å². The van der Waals surface area contributed by atoms with Gasteiger partial charge in [-0.25, -0.2) is 14.4 Å². The van der Waals surface area contributed by atoms with Crippen molar-refractivity contribution in [2.75, 3.05) is 5.32 Å². The summed E-state index contributed by atoms with van der Waals surface area (Å²) in [5.41, 5.74) is 2.14. The van der Waals surface area contributed by atoms with Gasteiger partial charge in [0, 0.05) is 30.7 Å². The number of aromatic nitrogens is 6. The number of halogens is 1. The van der Waals surface area contributed by atoms with Crippen molar-refractivity contribution in [1.29, 1.82) is 0 Å². The van der Waals surface area contributed by atoms with Crippen LogP contribution in [0.2, 0.25) is 0 Å². The van der Waals surface area contributed by atoms with Crippen LogP contribution in [0.4, 0.5) is 10.2 Å². The van der Waals surface area contributed by atoms with Crippen molar-refractivity contribution in [2.45, 2.75) is 20.4 Å². The molecule has 25 heavy (non-hydrogen) atoms. The maximum Gasteiger partial charge on any atom is 0.254 e. The van der Waals surface area contributed by atoms with Crippen molar-refractivity contribution < 1.29 is 4.39 Å². The van der Waals surface area contributed by atoms with Crippen LogP contribution < -0.4 is 5.32 Å². The fourth-order valence-electron chi connectivity index (χ4n) is 2.74. The topological polar surface area (TPSA) is 72.9 Å². The maximum absolute atomic E-state index is 14.5. The fraction of sp³-hybridized carbons (Fsp3) is 0.176. The van der Waals surface area contributed by atoms with Gasteiger partial charge in [0.25, 0.3) is 5.78 Å². The molecule has 0 atom stereocenters. The summed E-state index contributed by atoms with van der Waals surface area (Å²) < 4.78 is 17.8. The summed E-state index contributed by atoms with van der Waals surface area (Å²) in [6, 6.07) is 7.04. The molecule has 0 aliphatic rings. The van der Waals surface area contributed by atoms with Crippen molar-refractivity contribution in [3.63, 3.8) is 0 Å². The number of anilines is 1. The summed E-state index contributed by atoms with van der Waals surface area (Å²) in [4.78, 5) is 12.5. The van der Waals surface area contributed by atoms with E-state index < -0.39 is 0 Å². The molecule has 0 unspecified atom stereocenters. The maximum atomic E-state index is 14.5. The minimum Gasteiger partial charge on any atom is -0.366 e. The number of aryl methyl sites for hydroxylation is 2. The number of rotatable bonds is 4.